The van der Waals surface area contributed by atoms with Crippen molar-refractivity contribution in [2.75, 3.05) is 20.6 Å². The Bertz CT molecular complexity index is 263. The summed E-state index contributed by atoms with van der Waals surface area (Å²) in [7, 11) is 4.06. The summed E-state index contributed by atoms with van der Waals surface area (Å²) < 4.78 is 0. The molecule has 0 aromatic rings. The van der Waals surface area contributed by atoms with Crippen molar-refractivity contribution in [1.82, 2.24) is 10.2 Å². The van der Waals surface area contributed by atoms with Gasteiger partial charge in [0.25, 0.3) is 0 Å². The van der Waals surface area contributed by atoms with Crippen LogP contribution < -0.4 is 11.1 Å². The fraction of sp³-hybridized carbons (Fsp3) is 0.923. The van der Waals surface area contributed by atoms with Crippen molar-refractivity contribution < 1.29 is 4.79 Å². The number of nitrogens with one attached hydrogen (secondary N) is 1. The summed E-state index contributed by atoms with van der Waals surface area (Å²) in [5.74, 6) is 0.298. The number of carbonyl (C=O) groups excluding carboxylic acids is 1. The molecule has 1 amide bonds. The number of hydrogen-bond acceptors (Lipinski definition) is 3. The molecule has 4 nitrogen and oxygen atoms in total. The molecule has 17 heavy (non-hydrogen) atoms. The maximum atomic E-state index is 12.0. The lowest BCUT2D eigenvalue weighted by atomic mass is 9.85. The number of nitrogens with two attached hydrogens (primary N) is 1. The Morgan fingerprint density at radius 1 is 1.41 bits per heavy atom. The maximum absolute atomic E-state index is 12.0. The van der Waals surface area contributed by atoms with Crippen LogP contribution in [-0.2, 0) is 4.79 Å². The first kappa shape index (κ1) is 14.5. The van der Waals surface area contributed by atoms with E-state index >= 15 is 0 Å². The Morgan fingerprint density at radius 2 is 2.06 bits per heavy atom. The molecule has 0 radical (unpaired) electrons. The van der Waals surface area contributed by atoms with Crippen molar-refractivity contribution in [2.45, 2.75) is 51.1 Å². The second kappa shape index (κ2) is 5.83. The Balaban J connectivity index is 2.39. The zero-order chi connectivity index (χ0) is 13.1. The first-order valence-electron chi connectivity index (χ1n) is 6.53. The van der Waals surface area contributed by atoms with E-state index in [1.165, 1.54) is 0 Å². The zero-order valence-electron chi connectivity index (χ0n) is 11.6. The molecule has 2 unspecified atom stereocenters. The van der Waals surface area contributed by atoms with Gasteiger partial charge in [0.2, 0.25) is 5.91 Å². The predicted octanol–water partition coefficient (Wildman–Crippen LogP) is 0.960. The van der Waals surface area contributed by atoms with Gasteiger partial charge in [0.05, 0.1) is 0 Å². The van der Waals surface area contributed by atoms with Crippen LogP contribution in [0.1, 0.15) is 39.5 Å². The largest absolute Gasteiger partial charge is 0.354 e. The SMILES string of the molecule is CN(C)C(C)(C)CNC(=O)C1CCCC(N)C1. The third-order valence-corrected chi connectivity index (χ3v) is 3.99. The van der Waals surface area contributed by atoms with Gasteiger partial charge in [-0.1, -0.05) is 6.42 Å². The topological polar surface area (TPSA) is 58.4 Å². The summed E-state index contributed by atoms with van der Waals surface area (Å²) in [5, 5.41) is 3.06. The quantitative estimate of drug-likeness (QED) is 0.771. The van der Waals surface area contributed by atoms with Gasteiger partial charge in [0, 0.05) is 24.0 Å². The van der Waals surface area contributed by atoms with Crippen molar-refractivity contribution in [1.29, 1.82) is 0 Å². The molecule has 0 heterocycles. The molecule has 1 rings (SSSR count). The first-order chi connectivity index (χ1) is 7.83. The van der Waals surface area contributed by atoms with Crippen molar-refractivity contribution in [3.05, 3.63) is 0 Å². The fourth-order valence-corrected chi connectivity index (χ4v) is 2.07. The highest BCUT2D eigenvalue weighted by atomic mass is 16.1. The zero-order valence-corrected chi connectivity index (χ0v) is 11.6. The Hall–Kier alpha value is -0.610. The van der Waals surface area contributed by atoms with Crippen molar-refractivity contribution >= 4 is 5.91 Å². The molecule has 3 N–H and O–H groups in total. The second-order valence-electron chi connectivity index (χ2n) is 6.05. The monoisotopic (exact) mass is 241 g/mol. The van der Waals surface area contributed by atoms with Crippen molar-refractivity contribution in [3.8, 4) is 0 Å². The van der Waals surface area contributed by atoms with Gasteiger partial charge in [-0.05, 0) is 47.2 Å². The minimum absolute atomic E-state index is 0.00750. The van der Waals surface area contributed by atoms with Gasteiger partial charge in [-0.2, -0.15) is 0 Å². The molecule has 0 saturated heterocycles. The highest BCUT2D eigenvalue weighted by molar-refractivity contribution is 5.78. The highest BCUT2D eigenvalue weighted by Gasteiger charge is 2.27. The van der Waals surface area contributed by atoms with Gasteiger partial charge in [-0.3, -0.25) is 4.79 Å². The Morgan fingerprint density at radius 3 is 2.59 bits per heavy atom. The van der Waals surface area contributed by atoms with Crippen LogP contribution in [0.15, 0.2) is 0 Å². The highest BCUT2D eigenvalue weighted by Crippen LogP contribution is 2.23. The minimum atomic E-state index is -0.00750. The molecule has 2 atom stereocenters. The number of rotatable bonds is 4. The molecule has 0 aromatic carbocycles. The van der Waals surface area contributed by atoms with E-state index in [-0.39, 0.29) is 23.4 Å². The smallest absolute Gasteiger partial charge is 0.223 e. The van der Waals surface area contributed by atoms with Gasteiger partial charge in [0.1, 0.15) is 0 Å². The summed E-state index contributed by atoms with van der Waals surface area (Å²) in [5.41, 5.74) is 5.90. The van der Waals surface area contributed by atoms with E-state index in [9.17, 15) is 4.79 Å². The lowest BCUT2D eigenvalue weighted by Crippen LogP contribution is -2.49. The van der Waals surface area contributed by atoms with Crippen LogP contribution in [0.3, 0.4) is 0 Å². The summed E-state index contributed by atoms with van der Waals surface area (Å²) in [6.45, 7) is 4.93. The Kier molecular flexibility index (Phi) is 4.95. The van der Waals surface area contributed by atoms with Gasteiger partial charge < -0.3 is 16.0 Å². The van der Waals surface area contributed by atoms with E-state index < -0.39 is 0 Å². The van der Waals surface area contributed by atoms with Crippen molar-refractivity contribution in [3.63, 3.8) is 0 Å². The van der Waals surface area contributed by atoms with E-state index in [0.717, 1.165) is 25.7 Å². The number of amides is 1. The first-order valence-corrected chi connectivity index (χ1v) is 6.53. The summed E-state index contributed by atoms with van der Waals surface area (Å²) in [6.07, 6.45) is 3.97. The molecule has 4 heteroatoms. The molecule has 0 spiro atoms. The third kappa shape index (κ3) is 4.28. The number of nitrogens with zero attached hydrogens (tertiary/aromatic N) is 1. The van der Waals surface area contributed by atoms with Crippen LogP contribution in [0.4, 0.5) is 0 Å². The number of likely N-dealkylation sites (N-methyl/N-ethyl adjacent to an activating group) is 1. The molecule has 0 aromatic heterocycles. The molecule has 1 saturated carbocycles. The number of hydrogen-bond donors (Lipinski definition) is 2. The average molecular weight is 241 g/mol. The lowest BCUT2D eigenvalue weighted by molar-refractivity contribution is -0.126. The van der Waals surface area contributed by atoms with Crippen LogP contribution in [0.25, 0.3) is 0 Å². The van der Waals surface area contributed by atoms with Gasteiger partial charge in [0.15, 0.2) is 0 Å². The molecule has 1 aliphatic carbocycles. The maximum Gasteiger partial charge on any atom is 0.223 e. The van der Waals surface area contributed by atoms with Crippen LogP contribution >= 0.6 is 0 Å². The lowest BCUT2D eigenvalue weighted by Gasteiger charge is -2.34. The standard InChI is InChI=1S/C13H27N3O/c1-13(2,16(3)4)9-15-12(17)10-6-5-7-11(14)8-10/h10-11H,5-9,14H2,1-4H3,(H,15,17). The molecule has 100 valence electrons. The third-order valence-electron chi connectivity index (χ3n) is 3.99. The van der Waals surface area contributed by atoms with E-state index in [1.807, 2.05) is 14.1 Å². The van der Waals surface area contributed by atoms with E-state index in [4.69, 9.17) is 5.73 Å². The minimum Gasteiger partial charge on any atom is -0.354 e. The van der Waals surface area contributed by atoms with Crippen LogP contribution in [0.5, 0.6) is 0 Å². The van der Waals surface area contributed by atoms with E-state index in [2.05, 4.69) is 24.1 Å². The predicted molar refractivity (Wildman–Crippen MR) is 70.7 cm³/mol. The second-order valence-corrected chi connectivity index (χ2v) is 6.05. The summed E-state index contributed by atoms with van der Waals surface area (Å²) in [6, 6.07) is 0.210. The summed E-state index contributed by atoms with van der Waals surface area (Å²) in [4.78, 5) is 14.2. The molecule has 1 fully saturated rings. The molecule has 1 aliphatic rings. The molecular weight excluding hydrogens is 214 g/mol. The van der Waals surface area contributed by atoms with E-state index in [1.54, 1.807) is 0 Å². The number of carbonyl (C=O) groups is 1. The average Bonchev–Trinajstić information content (AvgIpc) is 2.25. The van der Waals surface area contributed by atoms with Gasteiger partial charge in [-0.25, -0.2) is 0 Å². The fourth-order valence-electron chi connectivity index (χ4n) is 2.07. The molecule has 0 bridgehead atoms. The normalized spacial score (nSPS) is 26.0. The Labute approximate surface area is 105 Å². The molecular formula is C13H27N3O. The summed E-state index contributed by atoms with van der Waals surface area (Å²) >= 11 is 0. The van der Waals surface area contributed by atoms with Crippen LogP contribution in [0, 0.1) is 5.92 Å². The van der Waals surface area contributed by atoms with Crippen molar-refractivity contribution in [2.24, 2.45) is 11.7 Å². The van der Waals surface area contributed by atoms with Gasteiger partial charge in [-0.15, -0.1) is 0 Å². The van der Waals surface area contributed by atoms with Crippen LogP contribution in [-0.4, -0.2) is 43.0 Å². The van der Waals surface area contributed by atoms with Gasteiger partial charge >= 0.3 is 0 Å². The molecule has 0 aliphatic heterocycles. The van der Waals surface area contributed by atoms with Crippen LogP contribution in [0.2, 0.25) is 0 Å². The van der Waals surface area contributed by atoms with E-state index in [0.29, 0.717) is 6.54 Å².